The van der Waals surface area contributed by atoms with E-state index in [0.717, 1.165) is 13.0 Å². The summed E-state index contributed by atoms with van der Waals surface area (Å²) < 4.78 is 0. The summed E-state index contributed by atoms with van der Waals surface area (Å²) in [5.74, 6) is 0. The summed E-state index contributed by atoms with van der Waals surface area (Å²) in [5.41, 5.74) is 1.42. The van der Waals surface area contributed by atoms with Gasteiger partial charge in [0.15, 0.2) is 0 Å². The van der Waals surface area contributed by atoms with E-state index in [4.69, 9.17) is 0 Å². The standard InChI is InChI=1S/C14H25N3/c1-6-14(3,12(2)15-4)17(5)11-13-8-7-9-16-10-13/h7-10,12,15H,6,11H2,1-5H3. The first-order chi connectivity index (χ1) is 8.04. The molecule has 2 unspecified atom stereocenters. The molecule has 0 radical (unpaired) electrons. The lowest BCUT2D eigenvalue weighted by molar-refractivity contribution is 0.0889. The van der Waals surface area contributed by atoms with Crippen LogP contribution in [0.15, 0.2) is 24.5 Å². The highest BCUT2D eigenvalue weighted by Gasteiger charge is 2.32. The summed E-state index contributed by atoms with van der Waals surface area (Å²) in [4.78, 5) is 6.58. The van der Waals surface area contributed by atoms with Crippen molar-refractivity contribution < 1.29 is 0 Å². The summed E-state index contributed by atoms with van der Waals surface area (Å²) in [7, 11) is 4.21. The van der Waals surface area contributed by atoms with Crippen LogP contribution in [0.1, 0.15) is 32.8 Å². The Balaban J connectivity index is 2.77. The van der Waals surface area contributed by atoms with E-state index in [0.29, 0.717) is 6.04 Å². The van der Waals surface area contributed by atoms with Crippen LogP contribution < -0.4 is 5.32 Å². The van der Waals surface area contributed by atoms with Gasteiger partial charge in [0.05, 0.1) is 0 Å². The summed E-state index contributed by atoms with van der Waals surface area (Å²) in [6, 6.07) is 4.58. The van der Waals surface area contributed by atoms with E-state index in [1.165, 1.54) is 5.56 Å². The first kappa shape index (κ1) is 14.1. The number of hydrogen-bond acceptors (Lipinski definition) is 3. The molecule has 3 heteroatoms. The molecule has 0 aliphatic heterocycles. The highest BCUT2D eigenvalue weighted by molar-refractivity contribution is 5.09. The van der Waals surface area contributed by atoms with Crippen LogP contribution >= 0.6 is 0 Å². The Bertz CT molecular complexity index is 325. The fourth-order valence-electron chi connectivity index (χ4n) is 2.16. The van der Waals surface area contributed by atoms with E-state index < -0.39 is 0 Å². The normalized spacial score (nSPS) is 16.8. The van der Waals surface area contributed by atoms with Crippen molar-refractivity contribution in [2.45, 2.75) is 45.3 Å². The van der Waals surface area contributed by atoms with Crippen LogP contribution in [0, 0.1) is 0 Å². The molecule has 3 nitrogen and oxygen atoms in total. The summed E-state index contributed by atoms with van der Waals surface area (Å²) in [5, 5.41) is 3.37. The third-order valence-electron chi connectivity index (χ3n) is 4.10. The van der Waals surface area contributed by atoms with Gasteiger partial charge in [0, 0.05) is 30.5 Å². The largest absolute Gasteiger partial charge is 0.315 e. The molecule has 1 N–H and O–H groups in total. The number of nitrogens with zero attached hydrogens (tertiary/aromatic N) is 2. The van der Waals surface area contributed by atoms with E-state index in [2.05, 4.69) is 49.1 Å². The number of aromatic nitrogens is 1. The second kappa shape index (κ2) is 6.12. The Morgan fingerprint density at radius 2 is 2.24 bits per heavy atom. The molecule has 17 heavy (non-hydrogen) atoms. The third kappa shape index (κ3) is 3.27. The Hall–Kier alpha value is -0.930. The van der Waals surface area contributed by atoms with E-state index in [1.807, 2.05) is 25.5 Å². The molecule has 0 aromatic carbocycles. The molecule has 0 aliphatic carbocycles. The van der Waals surface area contributed by atoms with Crippen molar-refractivity contribution in [3.05, 3.63) is 30.1 Å². The van der Waals surface area contributed by atoms with Gasteiger partial charge in [0.25, 0.3) is 0 Å². The summed E-state index contributed by atoms with van der Waals surface area (Å²) in [6.45, 7) is 7.73. The van der Waals surface area contributed by atoms with Gasteiger partial charge >= 0.3 is 0 Å². The van der Waals surface area contributed by atoms with Gasteiger partial charge in [0.2, 0.25) is 0 Å². The minimum absolute atomic E-state index is 0.157. The quantitative estimate of drug-likeness (QED) is 0.820. The van der Waals surface area contributed by atoms with Crippen molar-refractivity contribution in [2.24, 2.45) is 0 Å². The van der Waals surface area contributed by atoms with E-state index >= 15 is 0 Å². The maximum atomic E-state index is 4.17. The van der Waals surface area contributed by atoms with Gasteiger partial charge in [-0.1, -0.05) is 13.0 Å². The van der Waals surface area contributed by atoms with Gasteiger partial charge < -0.3 is 5.32 Å². The minimum Gasteiger partial charge on any atom is -0.315 e. The highest BCUT2D eigenvalue weighted by Crippen LogP contribution is 2.23. The highest BCUT2D eigenvalue weighted by atomic mass is 15.2. The lowest BCUT2D eigenvalue weighted by atomic mass is 9.88. The van der Waals surface area contributed by atoms with E-state index in [1.54, 1.807) is 0 Å². The van der Waals surface area contributed by atoms with Gasteiger partial charge in [0.1, 0.15) is 0 Å². The molecule has 1 rings (SSSR count). The molecule has 0 saturated heterocycles. The van der Waals surface area contributed by atoms with Crippen LogP contribution in [0.2, 0.25) is 0 Å². The molecular formula is C14H25N3. The molecule has 96 valence electrons. The fraction of sp³-hybridized carbons (Fsp3) is 0.643. The van der Waals surface area contributed by atoms with Gasteiger partial charge in [-0.2, -0.15) is 0 Å². The average Bonchev–Trinajstić information content (AvgIpc) is 2.37. The summed E-state index contributed by atoms with van der Waals surface area (Å²) in [6.07, 6.45) is 4.88. The SMILES string of the molecule is CCC(C)(C(C)NC)N(C)Cc1cccnc1. The smallest absolute Gasteiger partial charge is 0.0329 e. The molecule has 1 aromatic rings. The van der Waals surface area contributed by atoms with Crippen molar-refractivity contribution in [1.29, 1.82) is 0 Å². The Labute approximate surface area is 105 Å². The second-order valence-corrected chi connectivity index (χ2v) is 4.94. The second-order valence-electron chi connectivity index (χ2n) is 4.94. The van der Waals surface area contributed by atoms with Crippen molar-refractivity contribution in [2.75, 3.05) is 14.1 Å². The predicted molar refractivity (Wildman–Crippen MR) is 72.9 cm³/mol. The molecule has 0 saturated carbocycles. The molecule has 2 atom stereocenters. The van der Waals surface area contributed by atoms with Crippen molar-refractivity contribution in [3.8, 4) is 0 Å². The molecule has 0 aliphatic rings. The van der Waals surface area contributed by atoms with Crippen LogP contribution in [-0.4, -0.2) is 35.6 Å². The maximum absolute atomic E-state index is 4.17. The van der Waals surface area contributed by atoms with Crippen LogP contribution in [-0.2, 0) is 6.54 Å². The first-order valence-electron chi connectivity index (χ1n) is 6.32. The van der Waals surface area contributed by atoms with Crippen molar-refractivity contribution in [3.63, 3.8) is 0 Å². The van der Waals surface area contributed by atoms with Crippen molar-refractivity contribution >= 4 is 0 Å². The fourth-order valence-corrected chi connectivity index (χ4v) is 2.16. The Morgan fingerprint density at radius 3 is 2.71 bits per heavy atom. The Morgan fingerprint density at radius 1 is 1.53 bits per heavy atom. The molecule has 0 spiro atoms. The van der Waals surface area contributed by atoms with Crippen LogP contribution in [0.25, 0.3) is 0 Å². The van der Waals surface area contributed by atoms with Gasteiger partial charge in [-0.05, 0) is 46.0 Å². The van der Waals surface area contributed by atoms with Gasteiger partial charge in [-0.15, -0.1) is 0 Å². The number of pyridine rings is 1. The van der Waals surface area contributed by atoms with Crippen LogP contribution in [0.5, 0.6) is 0 Å². The third-order valence-corrected chi connectivity index (χ3v) is 4.10. The first-order valence-corrected chi connectivity index (χ1v) is 6.32. The van der Waals surface area contributed by atoms with Crippen molar-refractivity contribution in [1.82, 2.24) is 15.2 Å². The van der Waals surface area contributed by atoms with E-state index in [9.17, 15) is 0 Å². The zero-order valence-electron chi connectivity index (χ0n) is 11.7. The minimum atomic E-state index is 0.157. The summed E-state index contributed by atoms with van der Waals surface area (Å²) >= 11 is 0. The number of rotatable bonds is 6. The number of hydrogen-bond donors (Lipinski definition) is 1. The molecule has 1 heterocycles. The monoisotopic (exact) mass is 235 g/mol. The van der Waals surface area contributed by atoms with Crippen LogP contribution in [0.4, 0.5) is 0 Å². The topological polar surface area (TPSA) is 28.2 Å². The molecule has 0 amide bonds. The molecule has 0 fully saturated rings. The van der Waals surface area contributed by atoms with Gasteiger partial charge in [-0.3, -0.25) is 9.88 Å². The Kier molecular flexibility index (Phi) is 5.09. The zero-order chi connectivity index (χ0) is 12.9. The predicted octanol–water partition coefficient (Wildman–Crippen LogP) is 2.29. The molecular weight excluding hydrogens is 210 g/mol. The zero-order valence-corrected chi connectivity index (χ0v) is 11.7. The van der Waals surface area contributed by atoms with Crippen LogP contribution in [0.3, 0.4) is 0 Å². The van der Waals surface area contributed by atoms with Gasteiger partial charge in [-0.25, -0.2) is 0 Å². The maximum Gasteiger partial charge on any atom is 0.0329 e. The average molecular weight is 235 g/mol. The number of nitrogens with one attached hydrogen (secondary N) is 1. The molecule has 0 bridgehead atoms. The molecule has 1 aromatic heterocycles. The number of likely N-dealkylation sites (N-methyl/N-ethyl adjacent to an activating group) is 2. The van der Waals surface area contributed by atoms with E-state index in [-0.39, 0.29) is 5.54 Å². The lowest BCUT2D eigenvalue weighted by Gasteiger charge is -2.43. The lowest BCUT2D eigenvalue weighted by Crippen LogP contribution is -2.55.